The standard InChI is InChI=1S/C27H30Cl2FN3O2/c1-25(2,3)33-23(34)22-20(16-8-7-9-18(29)21(16)30)27(26(32-22)12-5-4-6-13-26)17-11-10-15(28)14-19(17)31-24(27)35/h7-11,14,20,22,32H,4-6,12-13H2,1-3H3,(H,31,35)(H,33,34)/t20-,22+,27+/m0/s1. The Morgan fingerprint density at radius 1 is 1.11 bits per heavy atom. The number of carbonyl (C=O) groups excluding carboxylic acids is 2. The van der Waals surface area contributed by atoms with Gasteiger partial charge in [-0.2, -0.15) is 0 Å². The number of benzene rings is 2. The maximum Gasteiger partial charge on any atom is 0.238 e. The fourth-order valence-corrected chi connectivity index (χ4v) is 7.02. The molecule has 1 saturated carbocycles. The Balaban J connectivity index is 1.81. The van der Waals surface area contributed by atoms with Crippen molar-refractivity contribution >= 4 is 40.7 Å². The van der Waals surface area contributed by atoms with Crippen LogP contribution in [0.15, 0.2) is 36.4 Å². The zero-order valence-corrected chi connectivity index (χ0v) is 21.6. The molecular formula is C27H30Cl2FN3O2. The van der Waals surface area contributed by atoms with Crippen LogP contribution in [-0.2, 0) is 15.0 Å². The Kier molecular flexibility index (Phi) is 5.93. The SMILES string of the molecule is CC(C)(C)NC(=O)[C@@H]1NC2(CCCCC2)[C@@]2(C(=O)Nc3cc(Cl)ccc32)[C@H]1c1cccc(Cl)c1F. The van der Waals surface area contributed by atoms with E-state index in [1.54, 1.807) is 24.3 Å². The first-order chi connectivity index (χ1) is 16.5. The first-order valence-electron chi connectivity index (χ1n) is 12.2. The minimum absolute atomic E-state index is 0.0352. The lowest BCUT2D eigenvalue weighted by molar-refractivity contribution is -0.125. The summed E-state index contributed by atoms with van der Waals surface area (Å²) < 4.78 is 15.7. The number of hydrogen-bond donors (Lipinski definition) is 3. The molecular weight excluding hydrogens is 488 g/mol. The van der Waals surface area contributed by atoms with E-state index in [1.165, 1.54) is 6.07 Å². The summed E-state index contributed by atoms with van der Waals surface area (Å²) in [5, 5.41) is 10.2. The highest BCUT2D eigenvalue weighted by molar-refractivity contribution is 6.31. The van der Waals surface area contributed by atoms with Crippen molar-refractivity contribution < 1.29 is 14.0 Å². The van der Waals surface area contributed by atoms with E-state index in [0.29, 0.717) is 23.6 Å². The summed E-state index contributed by atoms with van der Waals surface area (Å²) in [6, 6.07) is 9.31. The van der Waals surface area contributed by atoms with Crippen LogP contribution in [-0.4, -0.2) is 28.9 Å². The second-order valence-electron chi connectivity index (χ2n) is 11.1. The van der Waals surface area contributed by atoms with Crippen LogP contribution in [0.25, 0.3) is 0 Å². The summed E-state index contributed by atoms with van der Waals surface area (Å²) in [6.45, 7) is 5.71. The van der Waals surface area contributed by atoms with Crippen LogP contribution < -0.4 is 16.0 Å². The van der Waals surface area contributed by atoms with E-state index < -0.39 is 34.3 Å². The van der Waals surface area contributed by atoms with Gasteiger partial charge in [-0.25, -0.2) is 4.39 Å². The molecule has 2 spiro atoms. The molecule has 0 bridgehead atoms. The predicted octanol–water partition coefficient (Wildman–Crippen LogP) is 5.70. The lowest BCUT2D eigenvalue weighted by Gasteiger charge is -2.47. The van der Waals surface area contributed by atoms with Gasteiger partial charge in [-0.1, -0.05) is 60.7 Å². The van der Waals surface area contributed by atoms with Crippen molar-refractivity contribution in [3.8, 4) is 0 Å². The molecule has 35 heavy (non-hydrogen) atoms. The number of fused-ring (bicyclic) bond motifs is 3. The fourth-order valence-electron chi connectivity index (χ4n) is 6.67. The smallest absolute Gasteiger partial charge is 0.238 e. The van der Waals surface area contributed by atoms with Gasteiger partial charge < -0.3 is 10.6 Å². The highest BCUT2D eigenvalue weighted by Gasteiger charge is 2.72. The minimum Gasteiger partial charge on any atom is -0.350 e. The maximum absolute atomic E-state index is 15.7. The van der Waals surface area contributed by atoms with Crippen LogP contribution in [0, 0.1) is 5.82 Å². The normalized spacial score (nSPS) is 27.2. The van der Waals surface area contributed by atoms with Crippen molar-refractivity contribution in [2.45, 2.75) is 81.3 Å². The van der Waals surface area contributed by atoms with E-state index in [-0.39, 0.29) is 22.4 Å². The van der Waals surface area contributed by atoms with Crippen LogP contribution in [0.3, 0.4) is 0 Å². The Bertz CT molecular complexity index is 1210. The summed E-state index contributed by atoms with van der Waals surface area (Å²) in [7, 11) is 0. The molecule has 5 nitrogen and oxygen atoms in total. The molecule has 2 aromatic carbocycles. The summed E-state index contributed by atoms with van der Waals surface area (Å²) in [5.41, 5.74) is -0.823. The van der Waals surface area contributed by atoms with E-state index >= 15 is 4.39 Å². The molecule has 2 amide bonds. The predicted molar refractivity (Wildman–Crippen MR) is 137 cm³/mol. The van der Waals surface area contributed by atoms with Crippen molar-refractivity contribution in [2.24, 2.45) is 0 Å². The molecule has 0 radical (unpaired) electrons. The molecule has 2 fully saturated rings. The zero-order chi connectivity index (χ0) is 25.2. The van der Waals surface area contributed by atoms with Gasteiger partial charge in [0.05, 0.1) is 11.1 Å². The van der Waals surface area contributed by atoms with Gasteiger partial charge in [0.15, 0.2) is 0 Å². The molecule has 1 saturated heterocycles. The quantitative estimate of drug-likeness (QED) is 0.478. The number of anilines is 1. The molecule has 3 aliphatic rings. The van der Waals surface area contributed by atoms with Crippen molar-refractivity contribution in [2.75, 3.05) is 5.32 Å². The largest absolute Gasteiger partial charge is 0.350 e. The minimum atomic E-state index is -1.21. The molecule has 3 N–H and O–H groups in total. The van der Waals surface area contributed by atoms with Crippen LogP contribution >= 0.6 is 23.2 Å². The number of hydrogen-bond acceptors (Lipinski definition) is 3. The molecule has 3 atom stereocenters. The van der Waals surface area contributed by atoms with Gasteiger partial charge >= 0.3 is 0 Å². The van der Waals surface area contributed by atoms with E-state index in [2.05, 4.69) is 16.0 Å². The number of rotatable bonds is 2. The highest BCUT2D eigenvalue weighted by Crippen LogP contribution is 2.62. The van der Waals surface area contributed by atoms with Gasteiger partial charge in [0.2, 0.25) is 11.8 Å². The van der Waals surface area contributed by atoms with Crippen LogP contribution in [0.1, 0.15) is 69.9 Å². The van der Waals surface area contributed by atoms with Gasteiger partial charge in [-0.3, -0.25) is 14.9 Å². The average molecular weight is 518 g/mol. The maximum atomic E-state index is 15.7. The van der Waals surface area contributed by atoms with E-state index in [1.807, 2.05) is 26.8 Å². The van der Waals surface area contributed by atoms with E-state index in [4.69, 9.17) is 23.2 Å². The molecule has 2 heterocycles. The van der Waals surface area contributed by atoms with Gasteiger partial charge in [0.25, 0.3) is 0 Å². The average Bonchev–Trinajstić information content (AvgIpc) is 3.23. The molecule has 0 unspecified atom stereocenters. The summed E-state index contributed by atoms with van der Waals surface area (Å²) >= 11 is 12.5. The Hall–Kier alpha value is -2.15. The highest BCUT2D eigenvalue weighted by atomic mass is 35.5. The third kappa shape index (κ3) is 3.68. The van der Waals surface area contributed by atoms with E-state index in [9.17, 15) is 9.59 Å². The zero-order valence-electron chi connectivity index (χ0n) is 20.1. The Morgan fingerprint density at radius 3 is 2.51 bits per heavy atom. The number of halogens is 3. The third-order valence-corrected chi connectivity index (χ3v) is 8.33. The van der Waals surface area contributed by atoms with Crippen molar-refractivity contribution in [3.05, 3.63) is 63.4 Å². The summed E-state index contributed by atoms with van der Waals surface area (Å²) in [5.74, 6) is -1.92. The second-order valence-corrected chi connectivity index (χ2v) is 11.9. The van der Waals surface area contributed by atoms with Crippen molar-refractivity contribution in [1.29, 1.82) is 0 Å². The Labute approximate surface area is 215 Å². The topological polar surface area (TPSA) is 70.2 Å². The molecule has 2 aromatic rings. The van der Waals surface area contributed by atoms with Gasteiger partial charge in [-0.05, 0) is 62.9 Å². The molecule has 2 aliphatic heterocycles. The molecule has 186 valence electrons. The van der Waals surface area contributed by atoms with Crippen LogP contribution in [0.2, 0.25) is 10.0 Å². The number of amides is 2. The van der Waals surface area contributed by atoms with Gasteiger partial charge in [0, 0.05) is 27.7 Å². The fraction of sp³-hybridized carbons (Fsp3) is 0.481. The molecule has 8 heteroatoms. The monoisotopic (exact) mass is 517 g/mol. The first-order valence-corrected chi connectivity index (χ1v) is 12.9. The van der Waals surface area contributed by atoms with Gasteiger partial charge in [0.1, 0.15) is 11.2 Å². The van der Waals surface area contributed by atoms with Gasteiger partial charge in [-0.15, -0.1) is 0 Å². The lowest BCUT2D eigenvalue weighted by atomic mass is 9.55. The van der Waals surface area contributed by atoms with Crippen LogP contribution in [0.5, 0.6) is 0 Å². The van der Waals surface area contributed by atoms with Crippen LogP contribution in [0.4, 0.5) is 10.1 Å². The number of nitrogens with one attached hydrogen (secondary N) is 3. The van der Waals surface area contributed by atoms with Crippen molar-refractivity contribution in [1.82, 2.24) is 10.6 Å². The van der Waals surface area contributed by atoms with E-state index in [0.717, 1.165) is 24.8 Å². The molecule has 1 aliphatic carbocycles. The summed E-state index contributed by atoms with van der Waals surface area (Å²) in [6.07, 6.45) is 4.25. The molecule has 5 rings (SSSR count). The third-order valence-electron chi connectivity index (χ3n) is 7.80. The lowest BCUT2D eigenvalue weighted by Crippen LogP contribution is -2.60. The number of carbonyl (C=O) groups is 2. The molecule has 0 aromatic heterocycles. The first kappa shape index (κ1) is 24.5. The van der Waals surface area contributed by atoms with Crippen molar-refractivity contribution in [3.63, 3.8) is 0 Å². The Morgan fingerprint density at radius 2 is 1.83 bits per heavy atom. The summed E-state index contributed by atoms with van der Waals surface area (Å²) in [4.78, 5) is 28.0. The second kappa shape index (κ2) is 8.46.